The van der Waals surface area contributed by atoms with Crippen molar-refractivity contribution in [3.63, 3.8) is 0 Å². The molecule has 0 radical (unpaired) electrons. The third kappa shape index (κ3) is 5.08. The number of piperidine rings is 1. The van der Waals surface area contributed by atoms with E-state index in [2.05, 4.69) is 19.8 Å². The Labute approximate surface area is 198 Å². The fourth-order valence-electron chi connectivity index (χ4n) is 4.60. The molecule has 3 aromatic rings. The van der Waals surface area contributed by atoms with Crippen molar-refractivity contribution in [2.24, 2.45) is 0 Å². The first kappa shape index (κ1) is 22.0. The quantitative estimate of drug-likeness (QED) is 0.609. The van der Waals surface area contributed by atoms with Crippen LogP contribution in [-0.4, -0.2) is 57.7 Å². The van der Waals surface area contributed by atoms with Crippen LogP contribution in [-0.2, 0) is 11.3 Å². The maximum atomic E-state index is 6.11. The summed E-state index contributed by atoms with van der Waals surface area (Å²) in [6.45, 7) is 4.77. The summed E-state index contributed by atoms with van der Waals surface area (Å²) in [6.07, 6.45) is 6.99. The van der Waals surface area contributed by atoms with E-state index < -0.39 is 0 Å². The van der Waals surface area contributed by atoms with E-state index in [-0.39, 0.29) is 6.04 Å². The van der Waals surface area contributed by atoms with Crippen molar-refractivity contribution in [2.75, 3.05) is 43.5 Å². The number of rotatable bonds is 5. The molecule has 33 heavy (non-hydrogen) atoms. The Morgan fingerprint density at radius 1 is 1.00 bits per heavy atom. The summed E-state index contributed by atoms with van der Waals surface area (Å²) in [4.78, 5) is 23.0. The van der Waals surface area contributed by atoms with Crippen LogP contribution < -0.4 is 10.6 Å². The van der Waals surface area contributed by atoms with Gasteiger partial charge in [0.25, 0.3) is 0 Å². The highest BCUT2D eigenvalue weighted by Crippen LogP contribution is 2.37. The van der Waals surface area contributed by atoms with Gasteiger partial charge in [-0.25, -0.2) is 19.9 Å². The lowest BCUT2D eigenvalue weighted by Gasteiger charge is -2.36. The topological polar surface area (TPSA) is 93.3 Å². The molecule has 2 N–H and O–H groups in total. The smallest absolute Gasteiger partial charge is 0.225 e. The van der Waals surface area contributed by atoms with Crippen molar-refractivity contribution in [1.29, 1.82) is 0 Å². The standard InChI is InChI=1S/C24H28ClN7O/c25-18-6-4-17(5-7-18)20-15-28-23(26)30-22(20)21-3-1-2-10-32(21)16-19-8-9-27-24(29-19)31-11-13-33-14-12-31/h4-9,15,21H,1-3,10-14,16H2,(H2,26,28,30). The van der Waals surface area contributed by atoms with Gasteiger partial charge in [0.1, 0.15) is 0 Å². The molecule has 9 heteroatoms. The van der Waals surface area contributed by atoms with Crippen molar-refractivity contribution < 1.29 is 4.74 Å². The summed E-state index contributed by atoms with van der Waals surface area (Å²) >= 11 is 6.11. The van der Waals surface area contributed by atoms with Gasteiger partial charge >= 0.3 is 0 Å². The zero-order chi connectivity index (χ0) is 22.6. The van der Waals surface area contributed by atoms with Gasteiger partial charge in [-0.05, 0) is 43.1 Å². The molecule has 2 aliphatic rings. The number of halogens is 1. The number of hydrogen-bond donors (Lipinski definition) is 1. The lowest BCUT2D eigenvalue weighted by molar-refractivity contribution is 0.121. The van der Waals surface area contributed by atoms with E-state index in [0.717, 1.165) is 73.9 Å². The van der Waals surface area contributed by atoms with Crippen LogP contribution in [0.1, 0.15) is 36.7 Å². The summed E-state index contributed by atoms with van der Waals surface area (Å²) in [5.74, 6) is 1.07. The first-order chi connectivity index (χ1) is 16.2. The molecule has 8 nitrogen and oxygen atoms in total. The summed E-state index contributed by atoms with van der Waals surface area (Å²) < 4.78 is 5.46. The molecule has 0 spiro atoms. The summed E-state index contributed by atoms with van der Waals surface area (Å²) in [6, 6.07) is 9.94. The SMILES string of the molecule is Nc1ncc(-c2ccc(Cl)cc2)c(C2CCCCN2Cc2ccnc(N3CCOCC3)n2)n1. The van der Waals surface area contributed by atoms with E-state index in [4.69, 9.17) is 32.0 Å². The lowest BCUT2D eigenvalue weighted by atomic mass is 9.93. The van der Waals surface area contributed by atoms with E-state index in [9.17, 15) is 0 Å². The summed E-state index contributed by atoms with van der Waals surface area (Å²) in [5.41, 5.74) is 10.0. The van der Waals surface area contributed by atoms with Crippen molar-refractivity contribution in [3.05, 3.63) is 59.1 Å². The lowest BCUT2D eigenvalue weighted by Crippen LogP contribution is -2.38. The van der Waals surface area contributed by atoms with Crippen LogP contribution >= 0.6 is 11.6 Å². The average Bonchev–Trinajstić information content (AvgIpc) is 2.86. The largest absolute Gasteiger partial charge is 0.378 e. The van der Waals surface area contributed by atoms with Gasteiger partial charge in [0.2, 0.25) is 11.9 Å². The highest BCUT2D eigenvalue weighted by Gasteiger charge is 2.29. The van der Waals surface area contributed by atoms with Crippen molar-refractivity contribution in [2.45, 2.75) is 31.8 Å². The van der Waals surface area contributed by atoms with Crippen LogP contribution in [0.5, 0.6) is 0 Å². The molecule has 1 atom stereocenters. The zero-order valence-electron chi connectivity index (χ0n) is 18.5. The van der Waals surface area contributed by atoms with E-state index in [1.165, 1.54) is 0 Å². The molecule has 2 aliphatic heterocycles. The van der Waals surface area contributed by atoms with Gasteiger partial charge < -0.3 is 15.4 Å². The molecule has 4 heterocycles. The third-order valence-corrected chi connectivity index (χ3v) is 6.53. The van der Waals surface area contributed by atoms with Crippen LogP contribution in [0.4, 0.5) is 11.9 Å². The van der Waals surface area contributed by atoms with Gasteiger partial charge in [0, 0.05) is 42.6 Å². The number of hydrogen-bond acceptors (Lipinski definition) is 8. The molecule has 1 aromatic carbocycles. The fourth-order valence-corrected chi connectivity index (χ4v) is 4.73. The maximum Gasteiger partial charge on any atom is 0.225 e. The minimum Gasteiger partial charge on any atom is -0.378 e. The average molecular weight is 466 g/mol. The van der Waals surface area contributed by atoms with E-state index >= 15 is 0 Å². The van der Waals surface area contributed by atoms with Gasteiger partial charge in [-0.2, -0.15) is 0 Å². The third-order valence-electron chi connectivity index (χ3n) is 6.28. The Bertz CT molecular complexity index is 1090. The molecule has 5 rings (SSSR count). The fraction of sp³-hybridized carbons (Fsp3) is 0.417. The highest BCUT2D eigenvalue weighted by molar-refractivity contribution is 6.30. The second kappa shape index (κ2) is 9.99. The molecular weight excluding hydrogens is 438 g/mol. The molecule has 0 amide bonds. The van der Waals surface area contributed by atoms with E-state index in [1.54, 1.807) is 0 Å². The number of morpholine rings is 1. The monoisotopic (exact) mass is 465 g/mol. The number of aromatic nitrogens is 4. The number of benzene rings is 1. The van der Waals surface area contributed by atoms with Gasteiger partial charge in [0.05, 0.1) is 30.6 Å². The number of nitrogen functional groups attached to an aromatic ring is 1. The van der Waals surface area contributed by atoms with E-state index in [0.29, 0.717) is 24.2 Å². The maximum absolute atomic E-state index is 6.11. The molecule has 2 saturated heterocycles. The van der Waals surface area contributed by atoms with Gasteiger partial charge in [-0.1, -0.05) is 30.2 Å². The summed E-state index contributed by atoms with van der Waals surface area (Å²) in [7, 11) is 0. The Hall–Kier alpha value is -2.81. The van der Waals surface area contributed by atoms with Crippen LogP contribution in [0.3, 0.4) is 0 Å². The molecule has 0 aliphatic carbocycles. The highest BCUT2D eigenvalue weighted by atomic mass is 35.5. The number of nitrogens with two attached hydrogens (primary N) is 1. The molecule has 0 saturated carbocycles. The number of likely N-dealkylation sites (tertiary alicyclic amines) is 1. The minimum absolute atomic E-state index is 0.136. The Morgan fingerprint density at radius 3 is 2.64 bits per heavy atom. The van der Waals surface area contributed by atoms with Crippen LogP contribution in [0, 0.1) is 0 Å². The van der Waals surface area contributed by atoms with Crippen molar-refractivity contribution >= 4 is 23.5 Å². The van der Waals surface area contributed by atoms with Gasteiger partial charge in [-0.15, -0.1) is 0 Å². The molecule has 0 bridgehead atoms. The van der Waals surface area contributed by atoms with E-state index in [1.807, 2.05) is 42.7 Å². The Morgan fingerprint density at radius 2 is 1.82 bits per heavy atom. The second-order valence-corrected chi connectivity index (χ2v) is 8.90. The second-order valence-electron chi connectivity index (χ2n) is 8.46. The first-order valence-electron chi connectivity index (χ1n) is 11.4. The molecule has 1 unspecified atom stereocenters. The van der Waals surface area contributed by atoms with Crippen LogP contribution in [0.25, 0.3) is 11.1 Å². The number of ether oxygens (including phenoxy) is 1. The predicted molar refractivity (Wildman–Crippen MR) is 129 cm³/mol. The summed E-state index contributed by atoms with van der Waals surface area (Å²) in [5, 5.41) is 0.704. The molecular formula is C24H28ClN7O. The van der Waals surface area contributed by atoms with Gasteiger partial charge in [-0.3, -0.25) is 4.90 Å². The van der Waals surface area contributed by atoms with Crippen molar-refractivity contribution in [3.8, 4) is 11.1 Å². The Balaban J connectivity index is 1.43. The normalized spacial score (nSPS) is 19.5. The Kier molecular flexibility index (Phi) is 6.66. The molecule has 2 aromatic heterocycles. The first-order valence-corrected chi connectivity index (χ1v) is 11.8. The number of nitrogens with zero attached hydrogens (tertiary/aromatic N) is 6. The minimum atomic E-state index is 0.136. The predicted octanol–water partition coefficient (Wildman–Crippen LogP) is 3.73. The molecule has 172 valence electrons. The number of anilines is 2. The van der Waals surface area contributed by atoms with Crippen molar-refractivity contribution in [1.82, 2.24) is 24.8 Å². The van der Waals surface area contributed by atoms with Gasteiger partial charge in [0.15, 0.2) is 0 Å². The van der Waals surface area contributed by atoms with Crippen LogP contribution in [0.15, 0.2) is 42.7 Å². The zero-order valence-corrected chi connectivity index (χ0v) is 19.3. The molecule has 2 fully saturated rings. The van der Waals surface area contributed by atoms with Crippen LogP contribution in [0.2, 0.25) is 5.02 Å².